The second-order valence-corrected chi connectivity index (χ2v) is 2.23. The average molecular weight is 148 g/mol. The van der Waals surface area contributed by atoms with Crippen LogP contribution in [0.3, 0.4) is 0 Å². The van der Waals surface area contributed by atoms with Crippen molar-refractivity contribution in [3.05, 3.63) is 36.5 Å². The predicted molar refractivity (Wildman–Crippen MR) is 49.3 cm³/mol. The van der Waals surface area contributed by atoms with E-state index in [0.717, 1.165) is 11.4 Å². The molecule has 0 amide bonds. The molecule has 1 rings (SSSR count). The first-order chi connectivity index (χ1) is 5.34. The van der Waals surface area contributed by atoms with E-state index in [1.165, 1.54) is 0 Å². The van der Waals surface area contributed by atoms with Crippen molar-refractivity contribution in [1.29, 1.82) is 0 Å². The van der Waals surface area contributed by atoms with E-state index in [-0.39, 0.29) is 0 Å². The Kier molecular flexibility index (Phi) is 2.55. The molecule has 0 aliphatic carbocycles. The number of allylic oxidation sites excluding steroid dienone is 1. The second kappa shape index (κ2) is 3.66. The van der Waals surface area contributed by atoms with Crippen LogP contribution in [0.15, 0.2) is 36.5 Å². The molecule has 1 aromatic rings. The summed E-state index contributed by atoms with van der Waals surface area (Å²) in [5, 5.41) is 3.06. The highest BCUT2D eigenvalue weighted by molar-refractivity contribution is 5.66. The number of rotatable bonds is 2. The molecule has 0 heterocycles. The average Bonchev–Trinajstić information content (AvgIpc) is 2.03. The van der Waals surface area contributed by atoms with Crippen LogP contribution < -0.4 is 11.1 Å². The van der Waals surface area contributed by atoms with Crippen LogP contribution in [0.5, 0.6) is 0 Å². The van der Waals surface area contributed by atoms with E-state index >= 15 is 0 Å². The monoisotopic (exact) mass is 148 g/mol. The van der Waals surface area contributed by atoms with Gasteiger partial charge in [0.05, 0.1) is 11.4 Å². The van der Waals surface area contributed by atoms with Gasteiger partial charge in [0, 0.05) is 0 Å². The van der Waals surface area contributed by atoms with Crippen LogP contribution in [0.25, 0.3) is 0 Å². The fraction of sp³-hybridized carbons (Fsp3) is 0.111. The van der Waals surface area contributed by atoms with Crippen molar-refractivity contribution in [2.45, 2.75) is 6.92 Å². The molecule has 2 heteroatoms. The molecule has 0 radical (unpaired) electrons. The van der Waals surface area contributed by atoms with Crippen molar-refractivity contribution < 1.29 is 0 Å². The lowest BCUT2D eigenvalue weighted by Crippen LogP contribution is -1.93. The van der Waals surface area contributed by atoms with E-state index in [9.17, 15) is 0 Å². The first kappa shape index (κ1) is 7.66. The molecular formula is C9H12N2. The minimum absolute atomic E-state index is 0.769. The molecule has 0 aliphatic rings. The zero-order chi connectivity index (χ0) is 8.10. The summed E-state index contributed by atoms with van der Waals surface area (Å²) < 4.78 is 0. The van der Waals surface area contributed by atoms with Crippen molar-refractivity contribution in [2.75, 3.05) is 11.1 Å². The number of nitrogen functional groups attached to an aromatic ring is 1. The van der Waals surface area contributed by atoms with Gasteiger partial charge in [-0.25, -0.2) is 0 Å². The van der Waals surface area contributed by atoms with E-state index in [4.69, 9.17) is 5.73 Å². The lowest BCUT2D eigenvalue weighted by molar-refractivity contribution is 1.55. The van der Waals surface area contributed by atoms with Gasteiger partial charge in [-0.15, -0.1) is 0 Å². The van der Waals surface area contributed by atoms with Gasteiger partial charge in [-0.05, 0) is 25.3 Å². The molecule has 3 N–H and O–H groups in total. The molecule has 0 unspecified atom stereocenters. The number of anilines is 2. The van der Waals surface area contributed by atoms with Crippen molar-refractivity contribution in [3.63, 3.8) is 0 Å². The maximum absolute atomic E-state index is 5.66. The maximum atomic E-state index is 5.66. The minimum Gasteiger partial charge on any atom is -0.397 e. The first-order valence-electron chi connectivity index (χ1n) is 3.57. The van der Waals surface area contributed by atoms with E-state index in [2.05, 4.69) is 5.32 Å². The Morgan fingerprint density at radius 1 is 1.36 bits per heavy atom. The highest BCUT2D eigenvalue weighted by Crippen LogP contribution is 2.15. The molecule has 0 fully saturated rings. The SMILES string of the molecule is C/C=C/Nc1ccccc1N. The molecule has 0 atom stereocenters. The van der Waals surface area contributed by atoms with Crippen molar-refractivity contribution in [1.82, 2.24) is 0 Å². The second-order valence-electron chi connectivity index (χ2n) is 2.23. The Bertz CT molecular complexity index is 253. The van der Waals surface area contributed by atoms with Crippen LogP contribution in [0.4, 0.5) is 11.4 Å². The predicted octanol–water partition coefficient (Wildman–Crippen LogP) is 2.21. The standard InChI is InChI=1S/C9H12N2/c1-2-7-11-9-6-4-3-5-8(9)10/h2-7,11H,10H2,1H3/b7-2+. The summed E-state index contributed by atoms with van der Waals surface area (Å²) in [5.41, 5.74) is 7.38. The molecule has 0 aromatic heterocycles. The summed E-state index contributed by atoms with van der Waals surface area (Å²) >= 11 is 0. The molecule has 0 aliphatic heterocycles. The molecular weight excluding hydrogens is 136 g/mol. The van der Waals surface area contributed by atoms with Gasteiger partial charge in [-0.3, -0.25) is 0 Å². The molecule has 58 valence electrons. The van der Waals surface area contributed by atoms with Gasteiger partial charge in [-0.1, -0.05) is 18.2 Å². The van der Waals surface area contributed by atoms with Crippen LogP contribution in [-0.4, -0.2) is 0 Å². The fourth-order valence-corrected chi connectivity index (χ4v) is 0.802. The van der Waals surface area contributed by atoms with Gasteiger partial charge in [0.25, 0.3) is 0 Å². The van der Waals surface area contributed by atoms with Crippen molar-refractivity contribution in [2.24, 2.45) is 0 Å². The molecule has 0 bridgehead atoms. The lowest BCUT2D eigenvalue weighted by Gasteiger charge is -2.02. The van der Waals surface area contributed by atoms with E-state index in [0.29, 0.717) is 0 Å². The maximum Gasteiger partial charge on any atom is 0.0613 e. The third-order valence-corrected chi connectivity index (χ3v) is 1.37. The quantitative estimate of drug-likeness (QED) is 0.631. The Labute approximate surface area is 66.7 Å². The number of para-hydroxylation sites is 2. The molecule has 0 saturated carbocycles. The Morgan fingerprint density at radius 2 is 2.09 bits per heavy atom. The van der Waals surface area contributed by atoms with Gasteiger partial charge < -0.3 is 11.1 Å². The lowest BCUT2D eigenvalue weighted by atomic mass is 10.3. The van der Waals surface area contributed by atoms with Crippen molar-refractivity contribution in [3.8, 4) is 0 Å². The third-order valence-electron chi connectivity index (χ3n) is 1.37. The molecule has 1 aromatic carbocycles. The van der Waals surface area contributed by atoms with Gasteiger partial charge in [0.2, 0.25) is 0 Å². The number of nitrogens with one attached hydrogen (secondary N) is 1. The van der Waals surface area contributed by atoms with Gasteiger partial charge in [-0.2, -0.15) is 0 Å². The highest BCUT2D eigenvalue weighted by Gasteiger charge is 1.90. The molecule has 2 nitrogen and oxygen atoms in total. The minimum atomic E-state index is 0.769. The summed E-state index contributed by atoms with van der Waals surface area (Å²) in [6.45, 7) is 1.95. The first-order valence-corrected chi connectivity index (χ1v) is 3.57. The molecule has 0 saturated heterocycles. The number of benzene rings is 1. The summed E-state index contributed by atoms with van der Waals surface area (Å²) in [6, 6.07) is 7.67. The Hall–Kier alpha value is -1.44. The summed E-state index contributed by atoms with van der Waals surface area (Å²) in [5.74, 6) is 0. The highest BCUT2D eigenvalue weighted by atomic mass is 14.9. The van der Waals surface area contributed by atoms with Crippen LogP contribution in [0.1, 0.15) is 6.92 Å². The normalized spacial score (nSPS) is 10.3. The zero-order valence-electron chi connectivity index (χ0n) is 6.54. The molecule has 0 spiro atoms. The Balaban J connectivity index is 2.77. The summed E-state index contributed by atoms with van der Waals surface area (Å²) in [6.07, 6.45) is 3.78. The van der Waals surface area contributed by atoms with Gasteiger partial charge >= 0.3 is 0 Å². The van der Waals surface area contributed by atoms with E-state index in [1.807, 2.05) is 43.5 Å². The fourth-order valence-electron chi connectivity index (χ4n) is 0.802. The molecule has 11 heavy (non-hydrogen) atoms. The van der Waals surface area contributed by atoms with Crippen LogP contribution in [0.2, 0.25) is 0 Å². The largest absolute Gasteiger partial charge is 0.397 e. The smallest absolute Gasteiger partial charge is 0.0613 e. The Morgan fingerprint density at radius 3 is 2.73 bits per heavy atom. The number of nitrogens with two attached hydrogens (primary N) is 1. The van der Waals surface area contributed by atoms with Crippen LogP contribution >= 0.6 is 0 Å². The zero-order valence-corrected chi connectivity index (χ0v) is 6.54. The van der Waals surface area contributed by atoms with Crippen LogP contribution in [-0.2, 0) is 0 Å². The number of hydrogen-bond acceptors (Lipinski definition) is 2. The van der Waals surface area contributed by atoms with Gasteiger partial charge in [0.15, 0.2) is 0 Å². The summed E-state index contributed by atoms with van der Waals surface area (Å²) in [4.78, 5) is 0. The van der Waals surface area contributed by atoms with Gasteiger partial charge in [0.1, 0.15) is 0 Å². The van der Waals surface area contributed by atoms with Crippen LogP contribution in [0, 0.1) is 0 Å². The summed E-state index contributed by atoms with van der Waals surface area (Å²) in [7, 11) is 0. The third kappa shape index (κ3) is 2.00. The van der Waals surface area contributed by atoms with E-state index < -0.39 is 0 Å². The van der Waals surface area contributed by atoms with E-state index in [1.54, 1.807) is 0 Å². The van der Waals surface area contributed by atoms with Crippen molar-refractivity contribution >= 4 is 11.4 Å². The topological polar surface area (TPSA) is 38.0 Å². The number of hydrogen-bond donors (Lipinski definition) is 2.